The first-order valence-electron chi connectivity index (χ1n) is 12.5. The van der Waals surface area contributed by atoms with Crippen LogP contribution in [0.2, 0.25) is 0 Å². The van der Waals surface area contributed by atoms with E-state index in [9.17, 15) is 0 Å². The van der Waals surface area contributed by atoms with E-state index in [0.29, 0.717) is 5.41 Å². The fraction of sp³-hybridized carbons (Fsp3) is 0.714. The lowest BCUT2D eigenvalue weighted by atomic mass is 9.67. The Morgan fingerprint density at radius 1 is 0.893 bits per heavy atom. The van der Waals surface area contributed by atoms with E-state index in [4.69, 9.17) is 0 Å². The number of aryl methyl sites for hydroxylation is 1. The van der Waals surface area contributed by atoms with Crippen LogP contribution in [0, 0.1) is 5.41 Å². The molecule has 156 valence electrons. The van der Waals surface area contributed by atoms with Gasteiger partial charge >= 0.3 is 0 Å². The van der Waals surface area contributed by atoms with Gasteiger partial charge in [0.05, 0.1) is 0 Å². The molecule has 1 fully saturated rings. The molecule has 0 bridgehead atoms. The molecule has 0 radical (unpaired) electrons. The monoisotopic (exact) mass is 380 g/mol. The molecule has 1 aromatic carbocycles. The topological polar surface area (TPSA) is 0 Å². The zero-order valence-corrected chi connectivity index (χ0v) is 18.8. The van der Waals surface area contributed by atoms with Gasteiger partial charge in [0.15, 0.2) is 0 Å². The molecule has 0 aromatic heterocycles. The third-order valence-electron chi connectivity index (χ3n) is 7.75. The number of allylic oxidation sites excluding steroid dienone is 2. The molecule has 1 atom stereocenters. The van der Waals surface area contributed by atoms with E-state index in [1.54, 1.807) is 11.1 Å². The highest BCUT2D eigenvalue weighted by atomic mass is 14.4. The van der Waals surface area contributed by atoms with Gasteiger partial charge in [0.25, 0.3) is 0 Å². The normalized spacial score (nSPS) is 20.6. The van der Waals surface area contributed by atoms with Crippen molar-refractivity contribution in [2.24, 2.45) is 5.41 Å². The molecule has 2 aliphatic rings. The first-order valence-corrected chi connectivity index (χ1v) is 12.5. The lowest BCUT2D eigenvalue weighted by molar-refractivity contribution is 0.145. The maximum absolute atomic E-state index is 2.57. The molecule has 2 aliphatic carbocycles. The Balaban J connectivity index is 1.71. The smallest absolute Gasteiger partial charge is 0.0125 e. The van der Waals surface area contributed by atoms with E-state index in [1.165, 1.54) is 102 Å². The van der Waals surface area contributed by atoms with Crippen LogP contribution in [0.3, 0.4) is 0 Å². The van der Waals surface area contributed by atoms with E-state index in [1.807, 2.05) is 0 Å². The van der Waals surface area contributed by atoms with Crippen LogP contribution in [-0.2, 0) is 6.42 Å². The van der Waals surface area contributed by atoms with Gasteiger partial charge in [-0.1, -0.05) is 81.9 Å². The standard InChI is InChI=1S/C28H44/c1-3-5-19-28(20-10-7-11-21-28)22-18-27(23-25-12-8-6-9-13-25)26-16-14-24(4-2)15-17-26/h12,14-17,27H,3-11,13,18-23H2,1-2H3. The van der Waals surface area contributed by atoms with Gasteiger partial charge in [0.1, 0.15) is 0 Å². The van der Waals surface area contributed by atoms with Gasteiger partial charge in [0.2, 0.25) is 0 Å². The Labute approximate surface area is 175 Å². The second-order valence-electron chi connectivity index (χ2n) is 9.81. The van der Waals surface area contributed by atoms with Crippen molar-refractivity contribution in [2.75, 3.05) is 0 Å². The molecule has 3 rings (SSSR count). The van der Waals surface area contributed by atoms with Crippen LogP contribution in [-0.4, -0.2) is 0 Å². The van der Waals surface area contributed by atoms with Crippen molar-refractivity contribution in [3.8, 4) is 0 Å². The Bertz CT molecular complexity index is 585. The van der Waals surface area contributed by atoms with Gasteiger partial charge in [-0.3, -0.25) is 0 Å². The van der Waals surface area contributed by atoms with Crippen LogP contribution in [0.5, 0.6) is 0 Å². The first kappa shape index (κ1) is 21.7. The second-order valence-corrected chi connectivity index (χ2v) is 9.81. The predicted octanol–water partition coefficient (Wildman–Crippen LogP) is 9.14. The van der Waals surface area contributed by atoms with Crippen molar-refractivity contribution < 1.29 is 0 Å². The fourth-order valence-electron chi connectivity index (χ4n) is 5.78. The molecule has 0 spiro atoms. The number of hydrogen-bond acceptors (Lipinski definition) is 0. The maximum Gasteiger partial charge on any atom is -0.0125 e. The minimum atomic E-state index is 0.664. The van der Waals surface area contributed by atoms with Gasteiger partial charge in [-0.05, 0) is 93.1 Å². The van der Waals surface area contributed by atoms with Gasteiger partial charge in [-0.25, -0.2) is 0 Å². The zero-order chi connectivity index (χ0) is 19.7. The molecular formula is C28H44. The SMILES string of the molecule is CCCCC1(CCC(CC2=CCCCC2)c2ccc(CC)cc2)CCCCC1. The van der Waals surface area contributed by atoms with Crippen LogP contribution in [0.1, 0.15) is 127 Å². The van der Waals surface area contributed by atoms with Crippen LogP contribution < -0.4 is 0 Å². The molecule has 1 aromatic rings. The van der Waals surface area contributed by atoms with Crippen molar-refractivity contribution in [2.45, 2.75) is 122 Å². The van der Waals surface area contributed by atoms with Crippen molar-refractivity contribution in [1.29, 1.82) is 0 Å². The molecule has 28 heavy (non-hydrogen) atoms. The lowest BCUT2D eigenvalue weighted by Gasteiger charge is -2.39. The summed E-state index contributed by atoms with van der Waals surface area (Å²) >= 11 is 0. The molecule has 0 heteroatoms. The summed E-state index contributed by atoms with van der Waals surface area (Å²) in [6, 6.07) is 9.66. The first-order chi connectivity index (χ1) is 13.7. The summed E-state index contributed by atoms with van der Waals surface area (Å²) in [6.07, 6.45) is 25.1. The third kappa shape index (κ3) is 6.23. The number of benzene rings is 1. The third-order valence-corrected chi connectivity index (χ3v) is 7.75. The quantitative estimate of drug-likeness (QED) is 0.355. The number of hydrogen-bond donors (Lipinski definition) is 0. The summed E-state index contributed by atoms with van der Waals surface area (Å²) in [5.74, 6) is 0.732. The van der Waals surface area contributed by atoms with Crippen LogP contribution in [0.25, 0.3) is 0 Å². The van der Waals surface area contributed by atoms with Gasteiger partial charge in [-0.15, -0.1) is 0 Å². The Morgan fingerprint density at radius 2 is 1.68 bits per heavy atom. The Kier molecular flexibility index (Phi) is 8.68. The summed E-state index contributed by atoms with van der Waals surface area (Å²) in [5, 5.41) is 0. The van der Waals surface area contributed by atoms with E-state index in [0.717, 1.165) is 12.3 Å². The minimum absolute atomic E-state index is 0.664. The van der Waals surface area contributed by atoms with Crippen molar-refractivity contribution in [3.63, 3.8) is 0 Å². The highest BCUT2D eigenvalue weighted by molar-refractivity contribution is 5.27. The molecule has 0 nitrogen and oxygen atoms in total. The van der Waals surface area contributed by atoms with Crippen LogP contribution in [0.4, 0.5) is 0 Å². The predicted molar refractivity (Wildman–Crippen MR) is 124 cm³/mol. The molecule has 0 aliphatic heterocycles. The zero-order valence-electron chi connectivity index (χ0n) is 18.8. The molecular weight excluding hydrogens is 336 g/mol. The largest absolute Gasteiger partial charge is 0.0853 e. The van der Waals surface area contributed by atoms with Crippen molar-refractivity contribution in [1.82, 2.24) is 0 Å². The fourth-order valence-corrected chi connectivity index (χ4v) is 5.78. The number of unbranched alkanes of at least 4 members (excludes halogenated alkanes) is 1. The van der Waals surface area contributed by atoms with Gasteiger partial charge in [-0.2, -0.15) is 0 Å². The summed E-state index contributed by atoms with van der Waals surface area (Å²) in [4.78, 5) is 0. The molecule has 0 saturated heterocycles. The van der Waals surface area contributed by atoms with Gasteiger partial charge < -0.3 is 0 Å². The highest BCUT2D eigenvalue weighted by Crippen LogP contribution is 2.46. The Morgan fingerprint density at radius 3 is 2.32 bits per heavy atom. The van der Waals surface area contributed by atoms with E-state index in [2.05, 4.69) is 44.2 Å². The van der Waals surface area contributed by atoms with Crippen LogP contribution >= 0.6 is 0 Å². The average Bonchev–Trinajstić information content (AvgIpc) is 2.77. The minimum Gasteiger partial charge on any atom is -0.0853 e. The molecule has 0 heterocycles. The maximum atomic E-state index is 2.57. The van der Waals surface area contributed by atoms with Crippen molar-refractivity contribution in [3.05, 3.63) is 47.0 Å². The average molecular weight is 381 g/mol. The second kappa shape index (κ2) is 11.2. The number of rotatable bonds is 10. The van der Waals surface area contributed by atoms with Crippen LogP contribution in [0.15, 0.2) is 35.9 Å². The molecule has 1 saturated carbocycles. The molecule has 1 unspecified atom stereocenters. The molecule has 0 amide bonds. The highest BCUT2D eigenvalue weighted by Gasteiger charge is 2.32. The van der Waals surface area contributed by atoms with Gasteiger partial charge in [0, 0.05) is 0 Å². The van der Waals surface area contributed by atoms with E-state index < -0.39 is 0 Å². The summed E-state index contributed by atoms with van der Waals surface area (Å²) < 4.78 is 0. The molecule has 0 N–H and O–H groups in total. The summed E-state index contributed by atoms with van der Waals surface area (Å²) in [5.41, 5.74) is 5.50. The summed E-state index contributed by atoms with van der Waals surface area (Å²) in [7, 11) is 0. The lowest BCUT2D eigenvalue weighted by Crippen LogP contribution is -2.25. The van der Waals surface area contributed by atoms with E-state index >= 15 is 0 Å². The summed E-state index contributed by atoms with van der Waals surface area (Å²) in [6.45, 7) is 4.63. The Hall–Kier alpha value is -1.04. The van der Waals surface area contributed by atoms with E-state index in [-0.39, 0.29) is 0 Å². The van der Waals surface area contributed by atoms with Crippen molar-refractivity contribution >= 4 is 0 Å².